The van der Waals surface area contributed by atoms with Crippen LogP contribution >= 0.6 is 0 Å². The predicted molar refractivity (Wildman–Crippen MR) is 66.2 cm³/mol. The Hall–Kier alpha value is -1.62. The fourth-order valence-electron chi connectivity index (χ4n) is 1.55. The minimum absolute atomic E-state index is 0.0176. The second kappa shape index (κ2) is 6.96. The molecule has 0 aromatic heterocycles. The van der Waals surface area contributed by atoms with Gasteiger partial charge in [-0.25, -0.2) is 4.39 Å². The molecule has 0 bridgehead atoms. The third-order valence-corrected chi connectivity index (χ3v) is 2.49. The number of carboxylic acid groups (broad SMARTS) is 1. The molecule has 0 radical (unpaired) electrons. The Morgan fingerprint density at radius 2 is 2.11 bits per heavy atom. The zero-order chi connectivity index (χ0) is 13.5. The molecular weight excluding hydrogens is 237 g/mol. The zero-order valence-corrected chi connectivity index (χ0v) is 10.5. The fourth-order valence-corrected chi connectivity index (χ4v) is 1.55. The molecule has 1 aromatic rings. The van der Waals surface area contributed by atoms with Crippen molar-refractivity contribution in [3.63, 3.8) is 0 Å². The van der Waals surface area contributed by atoms with E-state index in [2.05, 4.69) is 5.32 Å². The fraction of sp³-hybridized carbons (Fsp3) is 0.462. The zero-order valence-electron chi connectivity index (χ0n) is 10.5. The lowest BCUT2D eigenvalue weighted by atomic mass is 10.1. The molecular formula is C13H18FNO3. The molecule has 0 heterocycles. The number of carbonyl (C=O) groups is 1. The number of para-hydroxylation sites is 1. The molecule has 0 amide bonds. The number of hydrogen-bond donors (Lipinski definition) is 2. The number of halogens is 1. The van der Waals surface area contributed by atoms with Gasteiger partial charge in [-0.3, -0.25) is 4.79 Å². The van der Waals surface area contributed by atoms with Gasteiger partial charge in [0.05, 0.1) is 0 Å². The van der Waals surface area contributed by atoms with E-state index in [1.165, 1.54) is 12.1 Å². The highest BCUT2D eigenvalue weighted by Crippen LogP contribution is 2.14. The summed E-state index contributed by atoms with van der Waals surface area (Å²) in [5, 5.41) is 11.8. The summed E-state index contributed by atoms with van der Waals surface area (Å²) in [7, 11) is 0. The highest BCUT2D eigenvalue weighted by Gasteiger charge is 2.20. The van der Waals surface area contributed by atoms with E-state index in [1.807, 2.05) is 13.8 Å². The Morgan fingerprint density at radius 1 is 1.44 bits per heavy atom. The van der Waals surface area contributed by atoms with Crippen molar-refractivity contribution in [1.29, 1.82) is 0 Å². The highest BCUT2D eigenvalue weighted by molar-refractivity contribution is 5.73. The summed E-state index contributed by atoms with van der Waals surface area (Å²) in [4.78, 5) is 10.9. The van der Waals surface area contributed by atoms with Crippen LogP contribution in [0.3, 0.4) is 0 Å². The topological polar surface area (TPSA) is 58.6 Å². The Kier molecular flexibility index (Phi) is 5.58. The van der Waals surface area contributed by atoms with Crippen LogP contribution in [0, 0.1) is 11.7 Å². The molecule has 4 nitrogen and oxygen atoms in total. The quantitative estimate of drug-likeness (QED) is 0.731. The summed E-state index contributed by atoms with van der Waals surface area (Å²) in [6.07, 6.45) is 0. The normalized spacial score (nSPS) is 12.4. The maximum absolute atomic E-state index is 13.2. The van der Waals surface area contributed by atoms with Crippen molar-refractivity contribution in [2.45, 2.75) is 19.9 Å². The van der Waals surface area contributed by atoms with Gasteiger partial charge in [0.25, 0.3) is 0 Å². The standard InChI is InChI=1S/C13H18FNO3/c1-9(2)12(13(16)17)15-7-8-18-11-6-4-3-5-10(11)14/h3-6,9,12,15H,7-8H2,1-2H3,(H,16,17). The van der Waals surface area contributed by atoms with Crippen molar-refractivity contribution < 1.29 is 19.0 Å². The molecule has 2 N–H and O–H groups in total. The molecule has 0 saturated carbocycles. The van der Waals surface area contributed by atoms with Crippen molar-refractivity contribution in [3.8, 4) is 5.75 Å². The van der Waals surface area contributed by atoms with E-state index in [9.17, 15) is 9.18 Å². The lowest BCUT2D eigenvalue weighted by Gasteiger charge is -2.18. The number of ether oxygens (including phenoxy) is 1. The molecule has 1 atom stereocenters. The second-order valence-electron chi connectivity index (χ2n) is 4.29. The summed E-state index contributed by atoms with van der Waals surface area (Å²) in [6.45, 7) is 4.22. The van der Waals surface area contributed by atoms with Crippen molar-refractivity contribution in [3.05, 3.63) is 30.1 Å². The van der Waals surface area contributed by atoms with Gasteiger partial charge in [-0.2, -0.15) is 0 Å². The van der Waals surface area contributed by atoms with Gasteiger partial charge in [-0.1, -0.05) is 26.0 Å². The van der Waals surface area contributed by atoms with E-state index in [1.54, 1.807) is 12.1 Å². The molecule has 18 heavy (non-hydrogen) atoms. The number of benzene rings is 1. The Bertz CT molecular complexity index is 396. The van der Waals surface area contributed by atoms with E-state index >= 15 is 0 Å². The smallest absolute Gasteiger partial charge is 0.320 e. The average molecular weight is 255 g/mol. The molecule has 100 valence electrons. The summed E-state index contributed by atoms with van der Waals surface area (Å²) in [6, 6.07) is 5.50. The van der Waals surface area contributed by atoms with Gasteiger partial charge in [0.15, 0.2) is 11.6 Å². The van der Waals surface area contributed by atoms with Gasteiger partial charge in [-0.05, 0) is 18.1 Å². The first-order valence-corrected chi connectivity index (χ1v) is 5.86. The van der Waals surface area contributed by atoms with Gasteiger partial charge in [0.2, 0.25) is 0 Å². The monoisotopic (exact) mass is 255 g/mol. The molecule has 0 aliphatic carbocycles. The lowest BCUT2D eigenvalue weighted by Crippen LogP contribution is -2.42. The SMILES string of the molecule is CC(C)C(NCCOc1ccccc1F)C(=O)O. The first-order valence-electron chi connectivity index (χ1n) is 5.86. The molecule has 1 unspecified atom stereocenters. The minimum Gasteiger partial charge on any atom is -0.489 e. The van der Waals surface area contributed by atoms with Crippen LogP contribution in [0.1, 0.15) is 13.8 Å². The van der Waals surface area contributed by atoms with E-state index in [0.29, 0.717) is 6.54 Å². The van der Waals surface area contributed by atoms with E-state index in [0.717, 1.165) is 0 Å². The minimum atomic E-state index is -0.893. The van der Waals surface area contributed by atoms with Gasteiger partial charge < -0.3 is 15.2 Å². The Balaban J connectivity index is 2.34. The van der Waals surface area contributed by atoms with Crippen LogP contribution in [-0.4, -0.2) is 30.3 Å². The Labute approximate surface area is 106 Å². The van der Waals surface area contributed by atoms with Crippen molar-refractivity contribution >= 4 is 5.97 Å². The predicted octanol–water partition coefficient (Wildman–Crippen LogP) is 1.90. The van der Waals surface area contributed by atoms with Crippen LogP contribution < -0.4 is 10.1 Å². The van der Waals surface area contributed by atoms with Crippen LogP contribution in [0.2, 0.25) is 0 Å². The average Bonchev–Trinajstić information content (AvgIpc) is 2.30. The van der Waals surface area contributed by atoms with Crippen LogP contribution in [-0.2, 0) is 4.79 Å². The van der Waals surface area contributed by atoms with Crippen molar-refractivity contribution in [1.82, 2.24) is 5.32 Å². The van der Waals surface area contributed by atoms with E-state index < -0.39 is 17.8 Å². The van der Waals surface area contributed by atoms with Crippen molar-refractivity contribution in [2.75, 3.05) is 13.2 Å². The summed E-state index contributed by atoms with van der Waals surface area (Å²) in [5.41, 5.74) is 0. The maximum Gasteiger partial charge on any atom is 0.320 e. The van der Waals surface area contributed by atoms with Crippen LogP contribution in [0.15, 0.2) is 24.3 Å². The Morgan fingerprint density at radius 3 is 2.67 bits per heavy atom. The second-order valence-corrected chi connectivity index (χ2v) is 4.29. The molecule has 0 fully saturated rings. The lowest BCUT2D eigenvalue weighted by molar-refractivity contribution is -0.140. The first kappa shape index (κ1) is 14.4. The maximum atomic E-state index is 13.2. The molecule has 0 saturated heterocycles. The number of nitrogens with one attached hydrogen (secondary N) is 1. The molecule has 1 rings (SSSR count). The van der Waals surface area contributed by atoms with Crippen LogP contribution in [0.4, 0.5) is 4.39 Å². The van der Waals surface area contributed by atoms with Gasteiger partial charge in [-0.15, -0.1) is 0 Å². The molecule has 0 spiro atoms. The van der Waals surface area contributed by atoms with Crippen LogP contribution in [0.25, 0.3) is 0 Å². The van der Waals surface area contributed by atoms with E-state index in [4.69, 9.17) is 9.84 Å². The first-order chi connectivity index (χ1) is 8.52. The number of rotatable bonds is 7. The van der Waals surface area contributed by atoms with Gasteiger partial charge in [0, 0.05) is 6.54 Å². The summed E-state index contributed by atoms with van der Waals surface area (Å²) >= 11 is 0. The third-order valence-electron chi connectivity index (χ3n) is 2.49. The third kappa shape index (κ3) is 4.33. The van der Waals surface area contributed by atoms with Gasteiger partial charge in [0.1, 0.15) is 12.6 Å². The largest absolute Gasteiger partial charge is 0.489 e. The molecule has 0 aliphatic heterocycles. The van der Waals surface area contributed by atoms with E-state index in [-0.39, 0.29) is 18.3 Å². The summed E-state index contributed by atoms with van der Waals surface area (Å²) < 4.78 is 18.4. The van der Waals surface area contributed by atoms with Crippen molar-refractivity contribution in [2.24, 2.45) is 5.92 Å². The highest BCUT2D eigenvalue weighted by atomic mass is 19.1. The van der Waals surface area contributed by atoms with Gasteiger partial charge >= 0.3 is 5.97 Å². The molecule has 0 aliphatic rings. The number of aliphatic carboxylic acids is 1. The number of carboxylic acids is 1. The number of hydrogen-bond acceptors (Lipinski definition) is 3. The summed E-state index contributed by atoms with van der Waals surface area (Å²) in [5.74, 6) is -1.15. The van der Waals surface area contributed by atoms with Crippen LogP contribution in [0.5, 0.6) is 5.75 Å². The molecule has 1 aromatic carbocycles. The molecule has 5 heteroatoms.